The second-order valence-electron chi connectivity index (χ2n) is 4.52. The van der Waals surface area contributed by atoms with E-state index in [0.29, 0.717) is 0 Å². The van der Waals surface area contributed by atoms with Crippen LogP contribution in [0.5, 0.6) is 0 Å². The van der Waals surface area contributed by atoms with Crippen molar-refractivity contribution in [1.29, 1.82) is 0 Å². The molecular formula is C11H16Cl2FN. The Labute approximate surface area is 101 Å². The van der Waals surface area contributed by atoms with Crippen molar-refractivity contribution in [2.24, 2.45) is 11.1 Å². The van der Waals surface area contributed by atoms with Crippen LogP contribution in [0.2, 0.25) is 5.02 Å². The summed E-state index contributed by atoms with van der Waals surface area (Å²) in [6.45, 7) is 6.05. The standard InChI is InChI=1S/C11H15ClFN.ClH/c1-11(2,3)10(14)7-4-5-8(12)9(13)6-7;/h4-6,10H,14H2,1-3H3;1H/t10-;/m0./s1. The molecule has 0 unspecified atom stereocenters. The fourth-order valence-electron chi connectivity index (χ4n) is 1.21. The van der Waals surface area contributed by atoms with Crippen LogP contribution in [0.15, 0.2) is 18.2 Å². The van der Waals surface area contributed by atoms with Gasteiger partial charge in [-0.3, -0.25) is 0 Å². The molecule has 0 fully saturated rings. The average Bonchev–Trinajstić information content (AvgIpc) is 2.07. The Morgan fingerprint density at radius 1 is 1.33 bits per heavy atom. The first-order valence-electron chi connectivity index (χ1n) is 4.53. The Hall–Kier alpha value is -0.310. The SMILES string of the molecule is CC(C)(C)[C@@H](N)c1ccc(Cl)c(F)c1.Cl. The van der Waals surface area contributed by atoms with Gasteiger partial charge in [-0.25, -0.2) is 4.39 Å². The van der Waals surface area contributed by atoms with Crippen LogP contribution in [-0.2, 0) is 0 Å². The van der Waals surface area contributed by atoms with Gasteiger partial charge in [-0.05, 0) is 23.1 Å². The van der Waals surface area contributed by atoms with Gasteiger partial charge in [-0.15, -0.1) is 12.4 Å². The highest BCUT2D eigenvalue weighted by Gasteiger charge is 2.22. The lowest BCUT2D eigenvalue weighted by molar-refractivity contribution is 0.326. The van der Waals surface area contributed by atoms with Crippen LogP contribution >= 0.6 is 24.0 Å². The van der Waals surface area contributed by atoms with Crippen LogP contribution in [0.4, 0.5) is 4.39 Å². The quantitative estimate of drug-likeness (QED) is 0.804. The second kappa shape index (κ2) is 5.15. The summed E-state index contributed by atoms with van der Waals surface area (Å²) in [7, 11) is 0. The summed E-state index contributed by atoms with van der Waals surface area (Å²) in [6.07, 6.45) is 0. The van der Waals surface area contributed by atoms with E-state index in [1.807, 2.05) is 20.8 Å². The van der Waals surface area contributed by atoms with Gasteiger partial charge < -0.3 is 5.73 Å². The topological polar surface area (TPSA) is 26.0 Å². The molecule has 0 bridgehead atoms. The average molecular weight is 252 g/mol. The van der Waals surface area contributed by atoms with Crippen molar-refractivity contribution in [3.63, 3.8) is 0 Å². The summed E-state index contributed by atoms with van der Waals surface area (Å²) in [5.41, 5.74) is 6.68. The molecule has 1 nitrogen and oxygen atoms in total. The van der Waals surface area contributed by atoms with Gasteiger partial charge in [-0.1, -0.05) is 38.4 Å². The maximum Gasteiger partial charge on any atom is 0.142 e. The first kappa shape index (κ1) is 14.7. The van der Waals surface area contributed by atoms with E-state index >= 15 is 0 Å². The summed E-state index contributed by atoms with van der Waals surface area (Å²) < 4.78 is 13.1. The maximum atomic E-state index is 13.1. The van der Waals surface area contributed by atoms with Crippen LogP contribution in [-0.4, -0.2) is 0 Å². The molecule has 0 aromatic heterocycles. The molecule has 0 amide bonds. The number of hydrogen-bond donors (Lipinski definition) is 1. The zero-order chi connectivity index (χ0) is 10.9. The van der Waals surface area contributed by atoms with E-state index in [0.717, 1.165) is 5.56 Å². The summed E-state index contributed by atoms with van der Waals surface area (Å²) in [5.74, 6) is -0.413. The molecule has 0 aliphatic heterocycles. The highest BCUT2D eigenvalue weighted by molar-refractivity contribution is 6.30. The predicted molar refractivity (Wildman–Crippen MR) is 65.0 cm³/mol. The Bertz CT molecular complexity index is 334. The summed E-state index contributed by atoms with van der Waals surface area (Å²) >= 11 is 5.58. The van der Waals surface area contributed by atoms with Gasteiger partial charge in [-0.2, -0.15) is 0 Å². The van der Waals surface area contributed by atoms with Crippen molar-refractivity contribution in [3.8, 4) is 0 Å². The van der Waals surface area contributed by atoms with E-state index in [1.54, 1.807) is 6.07 Å². The molecule has 1 rings (SSSR count). The third-order valence-corrected chi connectivity index (χ3v) is 2.54. The molecule has 0 saturated heterocycles. The molecule has 0 heterocycles. The van der Waals surface area contributed by atoms with Gasteiger partial charge in [0.25, 0.3) is 0 Å². The lowest BCUT2D eigenvalue weighted by atomic mass is 9.83. The van der Waals surface area contributed by atoms with Crippen molar-refractivity contribution in [3.05, 3.63) is 34.6 Å². The van der Waals surface area contributed by atoms with E-state index in [-0.39, 0.29) is 28.9 Å². The van der Waals surface area contributed by atoms with Gasteiger partial charge in [0.2, 0.25) is 0 Å². The minimum Gasteiger partial charge on any atom is -0.324 e. The molecule has 0 aliphatic carbocycles. The molecule has 0 saturated carbocycles. The number of halogens is 3. The normalized spacial score (nSPS) is 13.2. The summed E-state index contributed by atoms with van der Waals surface area (Å²) in [5, 5.41) is 0.134. The molecule has 0 spiro atoms. The second-order valence-corrected chi connectivity index (χ2v) is 4.92. The van der Waals surface area contributed by atoms with Gasteiger partial charge >= 0.3 is 0 Å². The van der Waals surface area contributed by atoms with E-state index in [9.17, 15) is 4.39 Å². The van der Waals surface area contributed by atoms with Crippen LogP contribution in [0.25, 0.3) is 0 Å². The van der Waals surface area contributed by atoms with E-state index in [2.05, 4.69) is 0 Å². The van der Waals surface area contributed by atoms with E-state index < -0.39 is 5.82 Å². The van der Waals surface area contributed by atoms with Crippen molar-refractivity contribution in [2.75, 3.05) is 0 Å². The molecule has 1 atom stereocenters. The summed E-state index contributed by atoms with van der Waals surface area (Å²) in [4.78, 5) is 0. The fourth-order valence-corrected chi connectivity index (χ4v) is 1.32. The monoisotopic (exact) mass is 251 g/mol. The molecule has 0 aliphatic rings. The maximum absolute atomic E-state index is 13.1. The van der Waals surface area contributed by atoms with Gasteiger partial charge in [0.1, 0.15) is 5.82 Å². The van der Waals surface area contributed by atoms with Crippen LogP contribution in [0.1, 0.15) is 32.4 Å². The molecule has 4 heteroatoms. The van der Waals surface area contributed by atoms with Gasteiger partial charge in [0.05, 0.1) is 5.02 Å². The van der Waals surface area contributed by atoms with Crippen molar-refractivity contribution < 1.29 is 4.39 Å². The number of hydrogen-bond acceptors (Lipinski definition) is 1. The molecule has 1 aromatic rings. The first-order chi connectivity index (χ1) is 6.32. The largest absolute Gasteiger partial charge is 0.324 e. The minimum atomic E-state index is -0.413. The van der Waals surface area contributed by atoms with E-state index in [4.69, 9.17) is 17.3 Å². The third-order valence-electron chi connectivity index (χ3n) is 2.24. The number of nitrogens with two attached hydrogens (primary N) is 1. The predicted octanol–water partition coefficient (Wildman–Crippen LogP) is 3.95. The zero-order valence-corrected chi connectivity index (χ0v) is 10.6. The highest BCUT2D eigenvalue weighted by Crippen LogP contribution is 2.31. The Morgan fingerprint density at radius 3 is 2.27 bits per heavy atom. The minimum absolute atomic E-state index is 0. The van der Waals surface area contributed by atoms with Gasteiger partial charge in [0.15, 0.2) is 0 Å². The molecule has 15 heavy (non-hydrogen) atoms. The third kappa shape index (κ3) is 3.63. The molecule has 0 radical (unpaired) electrons. The Balaban J connectivity index is 0.00000196. The fraction of sp³-hybridized carbons (Fsp3) is 0.455. The number of rotatable bonds is 1. The smallest absolute Gasteiger partial charge is 0.142 e. The number of benzene rings is 1. The van der Waals surface area contributed by atoms with Crippen molar-refractivity contribution in [2.45, 2.75) is 26.8 Å². The highest BCUT2D eigenvalue weighted by atomic mass is 35.5. The molecule has 1 aromatic carbocycles. The molecule has 2 N–H and O–H groups in total. The first-order valence-corrected chi connectivity index (χ1v) is 4.90. The Morgan fingerprint density at radius 2 is 1.87 bits per heavy atom. The summed E-state index contributed by atoms with van der Waals surface area (Å²) in [6, 6.07) is 4.52. The lowest BCUT2D eigenvalue weighted by Crippen LogP contribution is -2.26. The van der Waals surface area contributed by atoms with Crippen molar-refractivity contribution in [1.82, 2.24) is 0 Å². The van der Waals surface area contributed by atoms with Gasteiger partial charge in [0, 0.05) is 6.04 Å². The lowest BCUT2D eigenvalue weighted by Gasteiger charge is -2.27. The van der Waals surface area contributed by atoms with Crippen molar-refractivity contribution >= 4 is 24.0 Å². The van der Waals surface area contributed by atoms with Crippen LogP contribution in [0.3, 0.4) is 0 Å². The van der Waals surface area contributed by atoms with Crippen LogP contribution < -0.4 is 5.73 Å². The van der Waals surface area contributed by atoms with E-state index in [1.165, 1.54) is 12.1 Å². The zero-order valence-electron chi connectivity index (χ0n) is 9.05. The molecular weight excluding hydrogens is 236 g/mol. The van der Waals surface area contributed by atoms with Crippen LogP contribution in [0, 0.1) is 11.2 Å². The molecule has 86 valence electrons. The Kier molecular flexibility index (Phi) is 5.04.